The molecule has 9 rings (SSSR count). The summed E-state index contributed by atoms with van der Waals surface area (Å²) in [6.07, 6.45) is 0. The lowest BCUT2D eigenvalue weighted by Crippen LogP contribution is -2.30. The summed E-state index contributed by atoms with van der Waals surface area (Å²) in [5.41, 5.74) is 7.91. The standard InChI is InChI=1S/C45H28N2O3/c48-43(31-18-8-3-9-19-31)32-26-27-36-35-20-10-11-24-38(35)46(40(36)28-32)39-25-13-23-37-41(39)45(50)47(44(37)49)42-33(29-14-4-1-5-15-29)21-12-22-34(42)30-16-6-2-7-17-30/h1-28H. The second kappa shape index (κ2) is 11.7. The molecule has 0 aliphatic carbocycles. The Morgan fingerprint density at radius 3 is 1.68 bits per heavy atom. The van der Waals surface area contributed by atoms with Gasteiger partial charge in [0.05, 0.1) is 33.5 Å². The molecule has 0 spiro atoms. The summed E-state index contributed by atoms with van der Waals surface area (Å²) in [6, 6.07) is 53.9. The fraction of sp³-hybridized carbons (Fsp3) is 0. The van der Waals surface area contributed by atoms with Crippen LogP contribution in [0.1, 0.15) is 36.6 Å². The first-order valence-electron chi connectivity index (χ1n) is 16.5. The fourth-order valence-electron chi connectivity index (χ4n) is 7.27. The Hall–Kier alpha value is -6.85. The molecule has 5 heteroatoms. The number of amides is 2. The lowest BCUT2D eigenvalue weighted by atomic mass is 9.95. The van der Waals surface area contributed by atoms with E-state index in [-0.39, 0.29) is 11.7 Å². The van der Waals surface area contributed by atoms with Crippen LogP contribution in [-0.4, -0.2) is 22.2 Å². The third kappa shape index (κ3) is 4.52. The Bertz CT molecular complexity index is 2580. The van der Waals surface area contributed by atoms with E-state index in [2.05, 4.69) is 0 Å². The molecule has 0 saturated carbocycles. The van der Waals surface area contributed by atoms with E-state index in [9.17, 15) is 14.4 Å². The third-order valence-corrected chi connectivity index (χ3v) is 9.53. The van der Waals surface area contributed by atoms with E-state index >= 15 is 0 Å². The summed E-state index contributed by atoms with van der Waals surface area (Å²) in [7, 11) is 0. The van der Waals surface area contributed by atoms with Gasteiger partial charge in [0.2, 0.25) is 0 Å². The van der Waals surface area contributed by atoms with Crippen molar-refractivity contribution < 1.29 is 14.4 Å². The minimum atomic E-state index is -0.399. The number of rotatable bonds is 6. The first-order valence-corrected chi connectivity index (χ1v) is 16.5. The molecule has 0 fully saturated rings. The molecule has 50 heavy (non-hydrogen) atoms. The fourth-order valence-corrected chi connectivity index (χ4v) is 7.27. The van der Waals surface area contributed by atoms with Gasteiger partial charge in [-0.1, -0.05) is 146 Å². The molecule has 236 valence electrons. The van der Waals surface area contributed by atoms with Gasteiger partial charge in [0.15, 0.2) is 5.78 Å². The molecule has 2 heterocycles. The van der Waals surface area contributed by atoms with Crippen LogP contribution in [0.2, 0.25) is 0 Å². The number of ketones is 1. The topological polar surface area (TPSA) is 59.4 Å². The summed E-state index contributed by atoms with van der Waals surface area (Å²) < 4.78 is 2.02. The van der Waals surface area contributed by atoms with Gasteiger partial charge in [-0.2, -0.15) is 0 Å². The molecule has 2 amide bonds. The first kappa shape index (κ1) is 29.3. The van der Waals surface area contributed by atoms with Crippen LogP contribution in [0, 0.1) is 0 Å². The number of carbonyl (C=O) groups is 3. The van der Waals surface area contributed by atoms with Crippen LogP contribution >= 0.6 is 0 Å². The molecule has 0 unspecified atom stereocenters. The van der Waals surface area contributed by atoms with Gasteiger partial charge in [0.25, 0.3) is 11.8 Å². The van der Waals surface area contributed by atoms with Gasteiger partial charge < -0.3 is 4.57 Å². The van der Waals surface area contributed by atoms with Crippen molar-refractivity contribution in [3.8, 4) is 27.9 Å². The predicted octanol–water partition coefficient (Wildman–Crippen LogP) is 10.1. The van der Waals surface area contributed by atoms with Crippen molar-refractivity contribution in [3.63, 3.8) is 0 Å². The zero-order valence-corrected chi connectivity index (χ0v) is 26.8. The highest BCUT2D eigenvalue weighted by molar-refractivity contribution is 6.37. The van der Waals surface area contributed by atoms with Crippen LogP contribution in [0.25, 0.3) is 49.7 Å². The number of hydrogen-bond donors (Lipinski definition) is 0. The normalized spacial score (nSPS) is 12.5. The van der Waals surface area contributed by atoms with E-state index in [1.54, 1.807) is 6.07 Å². The average molecular weight is 645 g/mol. The number of aromatic nitrogens is 1. The highest BCUT2D eigenvalue weighted by Crippen LogP contribution is 2.44. The SMILES string of the molecule is O=C(c1ccccc1)c1ccc2c3ccccc3n(-c3cccc4c3C(=O)N(c3c(-c5ccccc5)cccc3-c3ccccc3)C4=O)c2c1. The Morgan fingerprint density at radius 2 is 1.00 bits per heavy atom. The van der Waals surface area contributed by atoms with Gasteiger partial charge in [-0.3, -0.25) is 14.4 Å². The molecule has 0 N–H and O–H groups in total. The van der Waals surface area contributed by atoms with E-state index in [0.717, 1.165) is 44.1 Å². The number of imide groups is 1. The zero-order chi connectivity index (χ0) is 33.8. The number of fused-ring (bicyclic) bond motifs is 4. The molecule has 0 atom stereocenters. The van der Waals surface area contributed by atoms with Crippen molar-refractivity contribution in [1.82, 2.24) is 4.57 Å². The van der Waals surface area contributed by atoms with Gasteiger partial charge >= 0.3 is 0 Å². The van der Waals surface area contributed by atoms with E-state index in [4.69, 9.17) is 0 Å². The van der Waals surface area contributed by atoms with Crippen LogP contribution in [0.5, 0.6) is 0 Å². The number of anilines is 1. The maximum Gasteiger partial charge on any atom is 0.268 e. The van der Waals surface area contributed by atoms with E-state index < -0.39 is 5.91 Å². The summed E-state index contributed by atoms with van der Waals surface area (Å²) in [4.78, 5) is 44.5. The van der Waals surface area contributed by atoms with Gasteiger partial charge in [0, 0.05) is 33.0 Å². The van der Waals surface area contributed by atoms with Crippen molar-refractivity contribution >= 4 is 45.1 Å². The van der Waals surface area contributed by atoms with Gasteiger partial charge in [-0.25, -0.2) is 4.90 Å². The highest BCUT2D eigenvalue weighted by atomic mass is 16.2. The van der Waals surface area contributed by atoms with Crippen molar-refractivity contribution in [2.45, 2.75) is 0 Å². The number of hydrogen-bond acceptors (Lipinski definition) is 3. The summed E-state index contributed by atoms with van der Waals surface area (Å²) >= 11 is 0. The molecular weight excluding hydrogens is 617 g/mol. The second-order valence-corrected chi connectivity index (χ2v) is 12.4. The second-order valence-electron chi connectivity index (χ2n) is 12.4. The van der Waals surface area contributed by atoms with Crippen molar-refractivity contribution in [1.29, 1.82) is 0 Å². The number of para-hydroxylation sites is 2. The quantitative estimate of drug-likeness (QED) is 0.134. The van der Waals surface area contributed by atoms with Crippen molar-refractivity contribution in [2.75, 3.05) is 4.90 Å². The largest absolute Gasteiger partial charge is 0.308 e. The summed E-state index contributed by atoms with van der Waals surface area (Å²) in [5, 5.41) is 1.92. The number of benzene rings is 7. The van der Waals surface area contributed by atoms with Crippen molar-refractivity contribution in [2.24, 2.45) is 0 Å². The summed E-state index contributed by atoms with van der Waals surface area (Å²) in [6.45, 7) is 0. The van der Waals surface area contributed by atoms with E-state index in [1.165, 1.54) is 4.90 Å². The minimum absolute atomic E-state index is 0.0917. The molecule has 1 aromatic heterocycles. The van der Waals surface area contributed by atoms with Crippen LogP contribution in [0.4, 0.5) is 5.69 Å². The minimum Gasteiger partial charge on any atom is -0.308 e. The lowest BCUT2D eigenvalue weighted by Gasteiger charge is -2.23. The van der Waals surface area contributed by atoms with Gasteiger partial charge in [-0.05, 0) is 35.4 Å². The monoisotopic (exact) mass is 644 g/mol. The molecule has 0 saturated heterocycles. The molecule has 1 aliphatic heterocycles. The summed E-state index contributed by atoms with van der Waals surface area (Å²) in [5.74, 6) is -0.872. The molecule has 0 radical (unpaired) electrons. The lowest BCUT2D eigenvalue weighted by molar-refractivity contribution is 0.0925. The van der Waals surface area contributed by atoms with Crippen LogP contribution in [0.15, 0.2) is 170 Å². The number of nitrogens with zero attached hydrogens (tertiary/aromatic N) is 2. The van der Waals surface area contributed by atoms with Gasteiger partial charge in [-0.15, -0.1) is 0 Å². The number of carbonyl (C=O) groups excluding carboxylic acids is 3. The maximum atomic E-state index is 15.0. The van der Waals surface area contributed by atoms with E-state index in [0.29, 0.717) is 33.6 Å². The Labute approximate surface area is 288 Å². The smallest absolute Gasteiger partial charge is 0.268 e. The van der Waals surface area contributed by atoms with Crippen LogP contribution < -0.4 is 4.90 Å². The predicted molar refractivity (Wildman–Crippen MR) is 199 cm³/mol. The maximum absolute atomic E-state index is 15.0. The van der Waals surface area contributed by atoms with Crippen LogP contribution in [0.3, 0.4) is 0 Å². The first-order chi connectivity index (χ1) is 24.6. The average Bonchev–Trinajstić information content (AvgIpc) is 3.65. The third-order valence-electron chi connectivity index (χ3n) is 9.53. The van der Waals surface area contributed by atoms with Crippen LogP contribution in [-0.2, 0) is 0 Å². The molecule has 0 bridgehead atoms. The van der Waals surface area contributed by atoms with Gasteiger partial charge in [0.1, 0.15) is 0 Å². The van der Waals surface area contributed by atoms with E-state index in [1.807, 2.05) is 168 Å². The molecule has 8 aromatic rings. The Morgan fingerprint density at radius 1 is 0.440 bits per heavy atom. The molecular formula is C45H28N2O3. The molecule has 7 aromatic carbocycles. The molecule has 1 aliphatic rings. The Balaban J connectivity index is 1.27. The van der Waals surface area contributed by atoms with Crippen molar-refractivity contribution in [3.05, 3.63) is 192 Å². The highest BCUT2D eigenvalue weighted by Gasteiger charge is 2.41. The zero-order valence-electron chi connectivity index (χ0n) is 26.8. The Kier molecular flexibility index (Phi) is 6.85. The molecule has 5 nitrogen and oxygen atoms in total.